The number of benzene rings is 1. The first kappa shape index (κ1) is 8.69. The van der Waals surface area contributed by atoms with E-state index in [1.54, 1.807) is 0 Å². The van der Waals surface area contributed by atoms with Crippen molar-refractivity contribution in [3.05, 3.63) is 35.9 Å². The first-order valence-corrected chi connectivity index (χ1v) is 3.86. The molecule has 3 heteroatoms. The summed E-state index contributed by atoms with van der Waals surface area (Å²) in [5, 5.41) is 8.53. The largest absolute Gasteiger partial charge is 0.263 e. The minimum Gasteiger partial charge on any atom is -0.263 e. The van der Waals surface area contributed by atoms with Crippen LogP contribution >= 0.6 is 12.2 Å². The molecule has 0 aliphatic rings. The van der Waals surface area contributed by atoms with Gasteiger partial charge in [0.1, 0.15) is 0 Å². The minimum atomic E-state index is 0.501. The van der Waals surface area contributed by atoms with Crippen molar-refractivity contribution in [2.75, 3.05) is 0 Å². The first-order valence-electron chi connectivity index (χ1n) is 3.46. The van der Waals surface area contributed by atoms with Gasteiger partial charge in [-0.3, -0.25) is 4.90 Å². The standard InChI is InChI=1S/C9H7N2S/c10-7-11(8-12)6-9-4-2-1-3-5-9/h1-5H,6H2. The Morgan fingerprint density at radius 2 is 2.00 bits per heavy atom. The molecular formula is C9H7N2S. The third kappa shape index (κ3) is 2.33. The van der Waals surface area contributed by atoms with Gasteiger partial charge in [0.25, 0.3) is 0 Å². The fourth-order valence-electron chi connectivity index (χ4n) is 0.854. The summed E-state index contributed by atoms with van der Waals surface area (Å²) in [5.74, 6) is 0. The fourth-order valence-corrected chi connectivity index (χ4v) is 0.959. The van der Waals surface area contributed by atoms with Crippen LogP contribution in [0.4, 0.5) is 0 Å². The molecule has 1 aromatic carbocycles. The van der Waals surface area contributed by atoms with E-state index in [1.165, 1.54) is 4.90 Å². The maximum atomic E-state index is 8.53. The van der Waals surface area contributed by atoms with Crippen LogP contribution in [-0.2, 0) is 6.54 Å². The van der Waals surface area contributed by atoms with Crippen LogP contribution < -0.4 is 0 Å². The summed E-state index contributed by atoms with van der Waals surface area (Å²) in [6.07, 6.45) is 1.92. The molecule has 0 N–H and O–H groups in total. The Morgan fingerprint density at radius 3 is 2.50 bits per heavy atom. The average Bonchev–Trinajstić information content (AvgIpc) is 2.16. The van der Waals surface area contributed by atoms with Gasteiger partial charge in [-0.15, -0.1) is 0 Å². The molecule has 0 atom stereocenters. The van der Waals surface area contributed by atoms with Crippen molar-refractivity contribution < 1.29 is 0 Å². The monoisotopic (exact) mass is 175 g/mol. The highest BCUT2D eigenvalue weighted by molar-refractivity contribution is 7.78. The number of hydrogen-bond acceptors (Lipinski definition) is 2. The lowest BCUT2D eigenvalue weighted by atomic mass is 10.2. The molecule has 0 saturated heterocycles. The second-order valence-electron chi connectivity index (χ2n) is 2.26. The second-order valence-corrected chi connectivity index (χ2v) is 2.45. The maximum Gasteiger partial charge on any atom is 0.185 e. The van der Waals surface area contributed by atoms with E-state index in [2.05, 4.69) is 17.7 Å². The van der Waals surface area contributed by atoms with E-state index < -0.39 is 0 Å². The number of nitriles is 1. The highest BCUT2D eigenvalue weighted by Gasteiger charge is 1.97. The van der Waals surface area contributed by atoms with Crippen molar-refractivity contribution in [2.45, 2.75) is 6.54 Å². The molecule has 0 saturated carbocycles. The van der Waals surface area contributed by atoms with E-state index in [-0.39, 0.29) is 0 Å². The SMILES string of the molecule is N#CN([C]=S)Cc1ccccc1. The molecule has 2 nitrogen and oxygen atoms in total. The molecule has 0 heterocycles. The predicted molar refractivity (Wildman–Crippen MR) is 50.2 cm³/mol. The van der Waals surface area contributed by atoms with Crippen molar-refractivity contribution in [3.8, 4) is 6.19 Å². The highest BCUT2D eigenvalue weighted by Crippen LogP contribution is 2.01. The van der Waals surface area contributed by atoms with E-state index >= 15 is 0 Å². The summed E-state index contributed by atoms with van der Waals surface area (Å²) < 4.78 is 0. The first-order chi connectivity index (χ1) is 5.86. The lowest BCUT2D eigenvalue weighted by Gasteiger charge is -2.06. The van der Waals surface area contributed by atoms with Gasteiger partial charge in [-0.2, -0.15) is 5.26 Å². The summed E-state index contributed by atoms with van der Waals surface area (Å²) in [5.41, 5.74) is 3.41. The second kappa shape index (κ2) is 4.47. The quantitative estimate of drug-likeness (QED) is 0.398. The lowest BCUT2D eigenvalue weighted by molar-refractivity contribution is 0.596. The summed E-state index contributed by atoms with van der Waals surface area (Å²) in [4.78, 5) is 1.28. The van der Waals surface area contributed by atoms with Crippen molar-refractivity contribution in [3.63, 3.8) is 0 Å². The van der Waals surface area contributed by atoms with Crippen molar-refractivity contribution in [1.29, 1.82) is 5.26 Å². The van der Waals surface area contributed by atoms with Gasteiger partial charge in [0, 0.05) is 0 Å². The average molecular weight is 175 g/mol. The van der Waals surface area contributed by atoms with Crippen LogP contribution in [0.2, 0.25) is 0 Å². The van der Waals surface area contributed by atoms with Crippen LogP contribution in [0.5, 0.6) is 0 Å². The molecule has 0 bridgehead atoms. The number of hydrogen-bond donors (Lipinski definition) is 0. The van der Waals surface area contributed by atoms with Gasteiger partial charge in [0.2, 0.25) is 0 Å². The normalized spacial score (nSPS) is 8.58. The van der Waals surface area contributed by atoms with Crippen LogP contribution in [0.15, 0.2) is 30.3 Å². The zero-order valence-corrected chi connectivity index (χ0v) is 7.21. The summed E-state index contributed by atoms with van der Waals surface area (Å²) in [6.45, 7) is 0.501. The number of thiocarbonyl (C=S) groups is 1. The summed E-state index contributed by atoms with van der Waals surface area (Å²) in [6, 6.07) is 9.66. The molecule has 1 rings (SSSR count). The molecule has 1 aromatic rings. The molecule has 12 heavy (non-hydrogen) atoms. The number of nitrogens with zero attached hydrogens (tertiary/aromatic N) is 2. The third-order valence-electron chi connectivity index (χ3n) is 1.41. The van der Waals surface area contributed by atoms with Gasteiger partial charge in [-0.05, 0) is 5.56 Å². The molecular weight excluding hydrogens is 168 g/mol. The van der Waals surface area contributed by atoms with Gasteiger partial charge in [-0.25, -0.2) is 0 Å². The third-order valence-corrected chi connectivity index (χ3v) is 1.63. The Kier molecular flexibility index (Phi) is 3.24. The minimum absolute atomic E-state index is 0.501. The fraction of sp³-hybridized carbons (Fsp3) is 0.111. The highest BCUT2D eigenvalue weighted by atomic mass is 32.1. The molecule has 0 aliphatic heterocycles. The lowest BCUT2D eigenvalue weighted by Crippen LogP contribution is -2.12. The summed E-state index contributed by atoms with van der Waals surface area (Å²) in [7, 11) is 0. The van der Waals surface area contributed by atoms with E-state index in [9.17, 15) is 0 Å². The topological polar surface area (TPSA) is 27.0 Å². The van der Waals surface area contributed by atoms with E-state index in [4.69, 9.17) is 5.26 Å². The molecule has 59 valence electrons. The maximum absolute atomic E-state index is 8.53. The van der Waals surface area contributed by atoms with Crippen LogP contribution in [0.25, 0.3) is 0 Å². The molecule has 0 aliphatic carbocycles. The Bertz CT molecular complexity index is 289. The molecule has 0 spiro atoms. The summed E-state index contributed by atoms with van der Waals surface area (Å²) >= 11 is 4.53. The Morgan fingerprint density at radius 1 is 1.33 bits per heavy atom. The molecule has 0 fully saturated rings. The van der Waals surface area contributed by atoms with Gasteiger partial charge in [0.15, 0.2) is 11.7 Å². The predicted octanol–water partition coefficient (Wildman–Crippen LogP) is 1.80. The van der Waals surface area contributed by atoms with Crippen LogP contribution in [0.1, 0.15) is 5.56 Å². The Hall–Kier alpha value is -1.40. The number of rotatable bonds is 3. The van der Waals surface area contributed by atoms with E-state index in [0.29, 0.717) is 6.54 Å². The van der Waals surface area contributed by atoms with Crippen LogP contribution in [0.3, 0.4) is 0 Å². The zero-order valence-electron chi connectivity index (χ0n) is 6.40. The molecule has 0 unspecified atom stereocenters. The molecule has 0 aromatic heterocycles. The van der Waals surface area contributed by atoms with Gasteiger partial charge in [-0.1, -0.05) is 42.5 Å². The van der Waals surface area contributed by atoms with Crippen molar-refractivity contribution >= 4 is 17.7 Å². The van der Waals surface area contributed by atoms with Crippen molar-refractivity contribution in [1.82, 2.24) is 4.90 Å². The van der Waals surface area contributed by atoms with Crippen LogP contribution in [-0.4, -0.2) is 10.4 Å². The zero-order chi connectivity index (χ0) is 8.81. The van der Waals surface area contributed by atoms with Gasteiger partial charge < -0.3 is 0 Å². The van der Waals surface area contributed by atoms with E-state index in [1.807, 2.05) is 36.5 Å². The Balaban J connectivity index is 2.64. The van der Waals surface area contributed by atoms with Crippen LogP contribution in [0, 0.1) is 11.5 Å². The molecule has 0 amide bonds. The Labute approximate surface area is 77.0 Å². The van der Waals surface area contributed by atoms with Gasteiger partial charge >= 0.3 is 0 Å². The van der Waals surface area contributed by atoms with E-state index in [0.717, 1.165) is 5.56 Å². The molecule has 1 radical (unpaired) electrons. The van der Waals surface area contributed by atoms with Crippen molar-refractivity contribution in [2.24, 2.45) is 0 Å². The van der Waals surface area contributed by atoms with Gasteiger partial charge in [0.05, 0.1) is 6.54 Å². The smallest absolute Gasteiger partial charge is 0.185 e.